The van der Waals surface area contributed by atoms with Crippen molar-refractivity contribution in [3.63, 3.8) is 0 Å². The Labute approximate surface area is 195 Å². The molecular formula is C25H32N2O6. The molecule has 0 unspecified atom stereocenters. The van der Waals surface area contributed by atoms with Gasteiger partial charge in [0.25, 0.3) is 5.91 Å². The van der Waals surface area contributed by atoms with Crippen molar-refractivity contribution in [3.05, 3.63) is 47.5 Å². The maximum Gasteiger partial charge on any atom is 0.254 e. The van der Waals surface area contributed by atoms with Crippen molar-refractivity contribution in [1.29, 1.82) is 0 Å². The number of hydrogen-bond acceptors (Lipinski definition) is 6. The molecule has 0 radical (unpaired) electrons. The number of rotatable bonds is 8. The second-order valence-electron chi connectivity index (χ2n) is 7.97. The fraction of sp³-hybridized carbons (Fsp3) is 0.440. The number of benzene rings is 2. The summed E-state index contributed by atoms with van der Waals surface area (Å²) < 4.78 is 21.7. The van der Waals surface area contributed by atoms with Crippen molar-refractivity contribution in [2.75, 3.05) is 55.1 Å². The van der Waals surface area contributed by atoms with E-state index in [0.717, 1.165) is 5.56 Å². The molecule has 8 nitrogen and oxygen atoms in total. The Hall–Kier alpha value is -3.42. The Balaban J connectivity index is 2.01. The molecule has 1 saturated heterocycles. The van der Waals surface area contributed by atoms with Crippen LogP contribution in [0.2, 0.25) is 0 Å². The molecule has 0 bridgehead atoms. The zero-order valence-electron chi connectivity index (χ0n) is 20.1. The fourth-order valence-corrected chi connectivity index (χ4v) is 4.25. The summed E-state index contributed by atoms with van der Waals surface area (Å²) >= 11 is 0. The van der Waals surface area contributed by atoms with Crippen molar-refractivity contribution in [1.82, 2.24) is 9.80 Å². The molecule has 1 aliphatic heterocycles. The van der Waals surface area contributed by atoms with Crippen LogP contribution in [0.3, 0.4) is 0 Å². The van der Waals surface area contributed by atoms with Gasteiger partial charge >= 0.3 is 0 Å². The van der Waals surface area contributed by atoms with Crippen LogP contribution in [0.5, 0.6) is 23.0 Å². The average molecular weight is 457 g/mol. The normalized spacial score (nSPS) is 17.5. The van der Waals surface area contributed by atoms with E-state index >= 15 is 0 Å². The van der Waals surface area contributed by atoms with E-state index in [-0.39, 0.29) is 17.7 Å². The summed E-state index contributed by atoms with van der Waals surface area (Å²) in [4.78, 5) is 30.0. The molecule has 1 fully saturated rings. The smallest absolute Gasteiger partial charge is 0.254 e. The number of ether oxygens (including phenoxy) is 4. The van der Waals surface area contributed by atoms with E-state index in [1.54, 1.807) is 69.6 Å². The molecule has 0 aliphatic carbocycles. The Morgan fingerprint density at radius 2 is 1.64 bits per heavy atom. The van der Waals surface area contributed by atoms with Gasteiger partial charge in [-0.1, -0.05) is 6.07 Å². The Morgan fingerprint density at radius 1 is 0.970 bits per heavy atom. The van der Waals surface area contributed by atoms with E-state index < -0.39 is 5.92 Å². The van der Waals surface area contributed by atoms with Crippen LogP contribution in [0.4, 0.5) is 0 Å². The number of hydrogen-bond donors (Lipinski definition) is 0. The predicted molar refractivity (Wildman–Crippen MR) is 125 cm³/mol. The molecule has 0 N–H and O–H groups in total. The van der Waals surface area contributed by atoms with Crippen molar-refractivity contribution in [2.24, 2.45) is 5.92 Å². The largest absolute Gasteiger partial charge is 0.497 e. The summed E-state index contributed by atoms with van der Waals surface area (Å²) in [5.74, 6) is 1.36. The van der Waals surface area contributed by atoms with E-state index in [9.17, 15) is 9.59 Å². The van der Waals surface area contributed by atoms with E-state index in [4.69, 9.17) is 18.9 Å². The highest BCUT2D eigenvalue weighted by molar-refractivity contribution is 5.95. The van der Waals surface area contributed by atoms with Gasteiger partial charge < -0.3 is 28.7 Å². The van der Waals surface area contributed by atoms with Gasteiger partial charge in [-0.25, -0.2) is 0 Å². The number of likely N-dealkylation sites (tertiary alicyclic amines) is 1. The summed E-state index contributed by atoms with van der Waals surface area (Å²) in [5.41, 5.74) is 1.38. The zero-order valence-corrected chi connectivity index (χ0v) is 20.1. The Morgan fingerprint density at radius 3 is 2.18 bits per heavy atom. The van der Waals surface area contributed by atoms with Crippen LogP contribution in [0, 0.1) is 5.92 Å². The zero-order chi connectivity index (χ0) is 24.1. The van der Waals surface area contributed by atoms with Gasteiger partial charge in [-0.05, 0) is 42.8 Å². The molecular weight excluding hydrogens is 424 g/mol. The van der Waals surface area contributed by atoms with E-state index in [2.05, 4.69) is 0 Å². The maximum absolute atomic E-state index is 13.3. The number of nitrogens with zero attached hydrogens (tertiary/aromatic N) is 2. The third-order valence-corrected chi connectivity index (χ3v) is 6.21. The first kappa shape index (κ1) is 24.2. The highest BCUT2D eigenvalue weighted by Gasteiger charge is 2.42. The lowest BCUT2D eigenvalue weighted by Crippen LogP contribution is -2.36. The van der Waals surface area contributed by atoms with Gasteiger partial charge in [0, 0.05) is 38.2 Å². The number of amides is 2. The Kier molecular flexibility index (Phi) is 7.68. The SMILES string of the molecule is CCN(C)C(=O)[C@@H]1CN(C(=O)c2cccc(OC)c2)C[C@@H]1c1cc(OC)c(OC)c(OC)c1. The lowest BCUT2D eigenvalue weighted by Gasteiger charge is -2.24. The van der Waals surface area contributed by atoms with Crippen LogP contribution in [0.15, 0.2) is 36.4 Å². The monoisotopic (exact) mass is 456 g/mol. The molecule has 1 aliphatic rings. The minimum atomic E-state index is -0.396. The molecule has 2 aromatic carbocycles. The van der Waals surface area contributed by atoms with Crippen LogP contribution in [-0.4, -0.2) is 76.7 Å². The molecule has 33 heavy (non-hydrogen) atoms. The molecule has 1 heterocycles. The highest BCUT2D eigenvalue weighted by atomic mass is 16.5. The van der Waals surface area contributed by atoms with Gasteiger partial charge in [-0.3, -0.25) is 9.59 Å². The first-order valence-electron chi connectivity index (χ1n) is 10.9. The Bertz CT molecular complexity index is 983. The first-order valence-corrected chi connectivity index (χ1v) is 10.9. The van der Waals surface area contributed by atoms with Gasteiger partial charge in [0.1, 0.15) is 5.75 Å². The van der Waals surface area contributed by atoms with Crippen LogP contribution < -0.4 is 18.9 Å². The van der Waals surface area contributed by atoms with Gasteiger partial charge in [-0.2, -0.15) is 0 Å². The number of methoxy groups -OCH3 is 4. The molecule has 8 heteroatoms. The van der Waals surface area contributed by atoms with Crippen molar-refractivity contribution in [2.45, 2.75) is 12.8 Å². The summed E-state index contributed by atoms with van der Waals surface area (Å²) in [7, 11) is 8.01. The van der Waals surface area contributed by atoms with Crippen LogP contribution >= 0.6 is 0 Å². The second-order valence-corrected chi connectivity index (χ2v) is 7.97. The molecule has 0 aromatic heterocycles. The minimum absolute atomic E-state index is 0.00260. The number of carbonyl (C=O) groups is 2. The topological polar surface area (TPSA) is 77.5 Å². The number of carbonyl (C=O) groups excluding carboxylic acids is 2. The van der Waals surface area contributed by atoms with E-state index in [1.165, 1.54) is 0 Å². The molecule has 178 valence electrons. The predicted octanol–water partition coefficient (Wildman–Crippen LogP) is 3.06. The van der Waals surface area contributed by atoms with E-state index in [1.807, 2.05) is 19.1 Å². The van der Waals surface area contributed by atoms with Gasteiger partial charge in [0.2, 0.25) is 11.7 Å². The maximum atomic E-state index is 13.3. The van der Waals surface area contributed by atoms with Crippen LogP contribution in [-0.2, 0) is 4.79 Å². The lowest BCUT2D eigenvalue weighted by molar-refractivity contribution is -0.133. The third-order valence-electron chi connectivity index (χ3n) is 6.21. The third kappa shape index (κ3) is 4.84. The lowest BCUT2D eigenvalue weighted by atomic mass is 9.87. The van der Waals surface area contributed by atoms with Crippen LogP contribution in [0.1, 0.15) is 28.8 Å². The molecule has 2 atom stereocenters. The molecule has 3 rings (SSSR count). The first-order chi connectivity index (χ1) is 15.9. The van der Waals surface area contributed by atoms with Crippen molar-refractivity contribution in [3.8, 4) is 23.0 Å². The van der Waals surface area contributed by atoms with Gasteiger partial charge in [-0.15, -0.1) is 0 Å². The average Bonchev–Trinajstić information content (AvgIpc) is 3.31. The van der Waals surface area contributed by atoms with E-state index in [0.29, 0.717) is 48.2 Å². The summed E-state index contributed by atoms with van der Waals surface area (Å²) in [6, 6.07) is 10.8. The van der Waals surface area contributed by atoms with Crippen LogP contribution in [0.25, 0.3) is 0 Å². The quantitative estimate of drug-likeness (QED) is 0.608. The van der Waals surface area contributed by atoms with Crippen molar-refractivity contribution >= 4 is 11.8 Å². The standard InChI is InChI=1S/C25H32N2O6/c1-7-26(2)25(29)20-15-27(24(28)16-9-8-10-18(11-16)30-3)14-19(20)17-12-21(31-4)23(33-6)22(13-17)32-5/h8-13,19-20H,7,14-15H2,1-6H3/t19-,20-/m1/s1. The summed E-state index contributed by atoms with van der Waals surface area (Å²) in [5, 5.41) is 0. The molecule has 2 amide bonds. The summed E-state index contributed by atoms with van der Waals surface area (Å²) in [6.45, 7) is 3.23. The van der Waals surface area contributed by atoms with Gasteiger partial charge in [0.15, 0.2) is 11.5 Å². The second kappa shape index (κ2) is 10.5. The molecule has 0 saturated carbocycles. The molecule has 2 aromatic rings. The summed E-state index contributed by atoms with van der Waals surface area (Å²) in [6.07, 6.45) is 0. The van der Waals surface area contributed by atoms with Crippen molar-refractivity contribution < 1.29 is 28.5 Å². The molecule has 0 spiro atoms. The minimum Gasteiger partial charge on any atom is -0.497 e. The van der Waals surface area contributed by atoms with Gasteiger partial charge in [0.05, 0.1) is 34.4 Å². The highest BCUT2D eigenvalue weighted by Crippen LogP contribution is 2.43. The fourth-order valence-electron chi connectivity index (χ4n) is 4.25.